The molecule has 24 heavy (non-hydrogen) atoms. The van der Waals surface area contributed by atoms with E-state index in [1.807, 2.05) is 12.3 Å². The zero-order chi connectivity index (χ0) is 16.5. The fraction of sp³-hybridized carbons (Fsp3) is 0.143. The number of hydrogen-bond acceptors (Lipinski definition) is 2. The molecule has 0 saturated carbocycles. The van der Waals surface area contributed by atoms with Crippen LogP contribution in [-0.4, -0.2) is 11.5 Å². The van der Waals surface area contributed by atoms with Crippen LogP contribution in [0.2, 0.25) is 0 Å². The van der Waals surface area contributed by atoms with Crippen LogP contribution in [0.1, 0.15) is 5.56 Å². The van der Waals surface area contributed by atoms with Crippen LogP contribution in [0.25, 0.3) is 22.3 Å². The second-order valence-electron chi connectivity index (χ2n) is 6.07. The minimum atomic E-state index is 0.901. The van der Waals surface area contributed by atoms with Gasteiger partial charge < -0.3 is 4.90 Å². The first-order valence-corrected chi connectivity index (χ1v) is 8.19. The molecule has 0 unspecified atom stereocenters. The Balaban J connectivity index is 1.87. The van der Waals surface area contributed by atoms with Crippen molar-refractivity contribution in [2.45, 2.75) is 6.92 Å². The predicted molar refractivity (Wildman–Crippen MR) is 98.7 cm³/mol. The third-order valence-corrected chi connectivity index (χ3v) is 4.61. The number of para-hydroxylation sites is 1. The Morgan fingerprint density at radius 2 is 1.92 bits per heavy atom. The monoisotopic (exact) mass is 314 g/mol. The van der Waals surface area contributed by atoms with E-state index in [1.165, 1.54) is 22.3 Å². The lowest BCUT2D eigenvalue weighted by atomic mass is 10.0. The number of benzene rings is 2. The quantitative estimate of drug-likeness (QED) is 0.668. The van der Waals surface area contributed by atoms with Gasteiger partial charge in [-0.25, -0.2) is 4.57 Å². The molecule has 0 amide bonds. The molecule has 0 radical (unpaired) electrons. The van der Waals surface area contributed by atoms with Gasteiger partial charge in [-0.3, -0.25) is 0 Å². The average molecular weight is 314 g/mol. The van der Waals surface area contributed by atoms with E-state index in [-0.39, 0.29) is 0 Å². The van der Waals surface area contributed by atoms with Crippen LogP contribution in [0.5, 0.6) is 0 Å². The second-order valence-corrected chi connectivity index (χ2v) is 6.07. The van der Waals surface area contributed by atoms with E-state index < -0.39 is 0 Å². The topological polar surface area (TPSA) is 20.0 Å². The van der Waals surface area contributed by atoms with Crippen molar-refractivity contribution in [3.63, 3.8) is 0 Å². The summed E-state index contributed by atoms with van der Waals surface area (Å²) in [4.78, 5) is 7.00. The first-order chi connectivity index (χ1) is 11.8. The van der Waals surface area contributed by atoms with Crippen LogP contribution in [0, 0.1) is 6.92 Å². The minimum absolute atomic E-state index is 0.901. The molecule has 0 bridgehead atoms. The van der Waals surface area contributed by atoms with Gasteiger partial charge in [0.1, 0.15) is 5.52 Å². The fourth-order valence-corrected chi connectivity index (χ4v) is 3.31. The standard InChI is InChI=1S/C21H20N3/c1-16-18(10-8-12-19(16)24-13-6-3-7-14-24)21-22-15-17-9-4-5-11-20(17)23(21)2/h3-13,15H,14H2,1-2H3/q+1. The molecule has 1 aliphatic rings. The first kappa shape index (κ1) is 14.6. The van der Waals surface area contributed by atoms with Gasteiger partial charge in [0, 0.05) is 18.4 Å². The van der Waals surface area contributed by atoms with Gasteiger partial charge in [0.05, 0.1) is 18.0 Å². The van der Waals surface area contributed by atoms with E-state index >= 15 is 0 Å². The summed E-state index contributed by atoms with van der Waals surface area (Å²) in [6.45, 7) is 3.08. The lowest BCUT2D eigenvalue weighted by Gasteiger charge is -2.23. The minimum Gasteiger partial charge on any atom is -0.344 e. The maximum absolute atomic E-state index is 4.74. The zero-order valence-electron chi connectivity index (χ0n) is 14.0. The van der Waals surface area contributed by atoms with Crippen LogP contribution >= 0.6 is 0 Å². The summed E-state index contributed by atoms with van der Waals surface area (Å²) in [5, 5.41) is 1.15. The van der Waals surface area contributed by atoms with Gasteiger partial charge in [0.25, 0.3) is 0 Å². The van der Waals surface area contributed by atoms with Gasteiger partial charge in [-0.1, -0.05) is 30.4 Å². The van der Waals surface area contributed by atoms with Gasteiger partial charge in [-0.15, -0.1) is 0 Å². The molecular formula is C21H20N3+. The molecule has 0 atom stereocenters. The lowest BCUT2D eigenvalue weighted by Crippen LogP contribution is -2.33. The predicted octanol–water partition coefficient (Wildman–Crippen LogP) is 3.92. The fourth-order valence-electron chi connectivity index (χ4n) is 3.31. The summed E-state index contributed by atoms with van der Waals surface area (Å²) in [5.74, 6) is 0.990. The maximum atomic E-state index is 4.74. The highest BCUT2D eigenvalue weighted by atomic mass is 15.1. The van der Waals surface area contributed by atoms with Crippen molar-refractivity contribution >= 4 is 16.6 Å². The summed E-state index contributed by atoms with van der Waals surface area (Å²) in [6, 6.07) is 14.8. The molecule has 0 N–H and O–H groups in total. The number of anilines is 1. The van der Waals surface area contributed by atoms with Crippen LogP contribution in [-0.2, 0) is 7.05 Å². The summed E-state index contributed by atoms with van der Waals surface area (Å²) < 4.78 is 2.17. The van der Waals surface area contributed by atoms with Crippen LogP contribution in [0.15, 0.2) is 73.1 Å². The highest BCUT2D eigenvalue weighted by Gasteiger charge is 2.20. The third kappa shape index (κ3) is 2.38. The largest absolute Gasteiger partial charge is 0.344 e. The Morgan fingerprint density at radius 3 is 2.75 bits per heavy atom. The van der Waals surface area contributed by atoms with Crippen molar-refractivity contribution < 1.29 is 4.57 Å². The molecule has 1 aromatic heterocycles. The summed E-state index contributed by atoms with van der Waals surface area (Å²) >= 11 is 0. The Kier molecular flexibility index (Phi) is 3.62. The molecule has 0 spiro atoms. The second kappa shape index (κ2) is 5.93. The Labute approximate surface area is 142 Å². The highest BCUT2D eigenvalue weighted by Crippen LogP contribution is 2.29. The molecule has 4 rings (SSSR count). The van der Waals surface area contributed by atoms with E-state index in [0.29, 0.717) is 0 Å². The molecule has 0 aliphatic carbocycles. The van der Waals surface area contributed by atoms with Crippen molar-refractivity contribution in [2.24, 2.45) is 7.05 Å². The first-order valence-electron chi connectivity index (χ1n) is 8.19. The van der Waals surface area contributed by atoms with Crippen molar-refractivity contribution in [1.29, 1.82) is 0 Å². The van der Waals surface area contributed by atoms with Gasteiger partial charge in [-0.05, 0) is 47.8 Å². The van der Waals surface area contributed by atoms with Crippen LogP contribution < -0.4 is 9.47 Å². The number of fused-ring (bicyclic) bond motifs is 1. The molecule has 3 heteroatoms. The average Bonchev–Trinajstić information content (AvgIpc) is 2.64. The number of allylic oxidation sites excluding steroid dienone is 2. The molecule has 3 aromatic rings. The summed E-state index contributed by atoms with van der Waals surface area (Å²) in [5.41, 5.74) is 4.83. The number of aromatic nitrogens is 2. The van der Waals surface area contributed by atoms with Crippen LogP contribution in [0.3, 0.4) is 0 Å². The Bertz CT molecular complexity index is 970. The van der Waals surface area contributed by atoms with Gasteiger partial charge >= 0.3 is 5.82 Å². The molecule has 2 aromatic carbocycles. The Hall–Kier alpha value is -2.94. The normalized spacial score (nSPS) is 13.7. The number of aryl methyl sites for hydroxylation is 1. The van der Waals surface area contributed by atoms with Crippen LogP contribution in [0.4, 0.5) is 5.69 Å². The Morgan fingerprint density at radius 1 is 1.04 bits per heavy atom. The molecule has 118 valence electrons. The van der Waals surface area contributed by atoms with Crippen molar-refractivity contribution in [2.75, 3.05) is 11.4 Å². The van der Waals surface area contributed by atoms with E-state index in [1.54, 1.807) is 0 Å². The molecule has 3 nitrogen and oxygen atoms in total. The van der Waals surface area contributed by atoms with E-state index in [2.05, 4.69) is 84.3 Å². The van der Waals surface area contributed by atoms with Gasteiger partial charge in [0.15, 0.2) is 6.20 Å². The molecule has 0 fully saturated rings. The maximum Gasteiger partial charge on any atom is 0.330 e. The summed E-state index contributed by atoms with van der Waals surface area (Å²) in [7, 11) is 2.08. The van der Waals surface area contributed by atoms with E-state index in [0.717, 1.165) is 17.8 Å². The van der Waals surface area contributed by atoms with Crippen molar-refractivity contribution in [3.05, 3.63) is 78.7 Å². The van der Waals surface area contributed by atoms with Crippen molar-refractivity contribution in [3.8, 4) is 11.4 Å². The van der Waals surface area contributed by atoms with E-state index in [9.17, 15) is 0 Å². The van der Waals surface area contributed by atoms with Gasteiger partial charge in [0.2, 0.25) is 0 Å². The zero-order valence-corrected chi connectivity index (χ0v) is 14.0. The lowest BCUT2D eigenvalue weighted by molar-refractivity contribution is -0.636. The van der Waals surface area contributed by atoms with Gasteiger partial charge in [-0.2, -0.15) is 0 Å². The van der Waals surface area contributed by atoms with E-state index in [4.69, 9.17) is 4.98 Å². The number of rotatable bonds is 2. The smallest absolute Gasteiger partial charge is 0.330 e. The highest BCUT2D eigenvalue weighted by molar-refractivity contribution is 5.77. The third-order valence-electron chi connectivity index (χ3n) is 4.61. The number of hydrogen-bond donors (Lipinski definition) is 0. The molecule has 1 aliphatic heterocycles. The van der Waals surface area contributed by atoms with Crippen molar-refractivity contribution in [1.82, 2.24) is 4.98 Å². The SMILES string of the molecule is Cc1c(-c2ncc3ccccc3[n+]2C)cccc1N1C=CC=CC1. The number of nitrogens with zero attached hydrogens (tertiary/aromatic N) is 3. The summed E-state index contributed by atoms with van der Waals surface area (Å²) in [6.07, 6.45) is 10.4. The molecule has 0 saturated heterocycles. The molecular weight excluding hydrogens is 294 g/mol. The molecule has 2 heterocycles.